The maximum atomic E-state index is 13.3. The van der Waals surface area contributed by atoms with Gasteiger partial charge in [-0.15, -0.1) is 0 Å². The van der Waals surface area contributed by atoms with E-state index in [-0.39, 0.29) is 34.9 Å². The molecule has 2 aromatic heterocycles. The van der Waals surface area contributed by atoms with Crippen LogP contribution >= 0.6 is 0 Å². The van der Waals surface area contributed by atoms with E-state index in [4.69, 9.17) is 14.2 Å². The fourth-order valence-corrected chi connectivity index (χ4v) is 3.80. The lowest BCUT2D eigenvalue weighted by Gasteiger charge is -2.33. The number of aromatic nitrogens is 2. The molecule has 4 rings (SSSR count). The number of nitrogens with one attached hydrogen (secondary N) is 1. The van der Waals surface area contributed by atoms with Gasteiger partial charge in [-0.3, -0.25) is 15.0 Å². The van der Waals surface area contributed by atoms with Crippen LogP contribution in [-0.2, 0) is 9.47 Å². The molecule has 2 aliphatic heterocycles. The Bertz CT molecular complexity index is 1230. The van der Waals surface area contributed by atoms with E-state index >= 15 is 0 Å². The Kier molecular flexibility index (Phi) is 7.74. The molecule has 0 unspecified atom stereocenters. The molecule has 3 amide bonds. The van der Waals surface area contributed by atoms with Crippen LogP contribution in [0, 0.1) is 11.3 Å². The molecule has 1 N–H and O–H groups in total. The number of nitrogens with zero attached hydrogens (tertiary/aromatic N) is 6. The van der Waals surface area contributed by atoms with Crippen LogP contribution in [0.25, 0.3) is 0 Å². The van der Waals surface area contributed by atoms with Gasteiger partial charge in [0.2, 0.25) is 0 Å². The lowest BCUT2D eigenvalue weighted by Crippen LogP contribution is -2.47. The zero-order valence-corrected chi connectivity index (χ0v) is 21.2. The van der Waals surface area contributed by atoms with Gasteiger partial charge in [0.25, 0.3) is 12.2 Å². The first-order valence-corrected chi connectivity index (χ1v) is 11.8. The van der Waals surface area contributed by atoms with E-state index in [0.29, 0.717) is 24.4 Å². The van der Waals surface area contributed by atoms with Crippen molar-refractivity contribution in [2.75, 3.05) is 50.5 Å². The van der Waals surface area contributed by atoms with Gasteiger partial charge >= 0.3 is 6.03 Å². The summed E-state index contributed by atoms with van der Waals surface area (Å²) in [7, 11) is 3.55. The molecular formula is C25H29N7O5. The van der Waals surface area contributed by atoms with E-state index < -0.39 is 12.3 Å². The summed E-state index contributed by atoms with van der Waals surface area (Å²) in [6, 6.07) is 6.20. The number of anilines is 2. The van der Waals surface area contributed by atoms with Crippen LogP contribution < -0.4 is 15.0 Å². The highest BCUT2D eigenvalue weighted by Crippen LogP contribution is 2.29. The Morgan fingerprint density at radius 2 is 1.92 bits per heavy atom. The Morgan fingerprint density at radius 3 is 2.57 bits per heavy atom. The van der Waals surface area contributed by atoms with Crippen LogP contribution in [0.4, 0.5) is 16.4 Å². The van der Waals surface area contributed by atoms with Gasteiger partial charge in [-0.1, -0.05) is 0 Å². The fourth-order valence-electron chi connectivity index (χ4n) is 3.80. The number of amides is 3. The number of carbonyl (C=O) groups is 2. The third kappa shape index (κ3) is 5.90. The monoisotopic (exact) mass is 507 g/mol. The molecule has 0 bridgehead atoms. The van der Waals surface area contributed by atoms with Crippen LogP contribution in [-0.4, -0.2) is 78.1 Å². The second-order valence-electron chi connectivity index (χ2n) is 8.91. The second-order valence-corrected chi connectivity index (χ2v) is 8.91. The van der Waals surface area contributed by atoms with E-state index in [1.165, 1.54) is 36.7 Å². The fraction of sp³-hybridized carbons (Fsp3) is 0.400. The number of hydrogen-bond donors (Lipinski definition) is 1. The number of pyridine rings is 2. The van der Waals surface area contributed by atoms with E-state index in [9.17, 15) is 14.9 Å². The average molecular weight is 508 g/mol. The van der Waals surface area contributed by atoms with Crippen molar-refractivity contribution in [2.24, 2.45) is 0 Å². The molecule has 0 saturated carbocycles. The third-order valence-corrected chi connectivity index (χ3v) is 5.85. The summed E-state index contributed by atoms with van der Waals surface area (Å²) < 4.78 is 16.6. The number of likely N-dealkylation sites (N-methyl/N-ethyl adjacent to an activating group) is 1. The maximum absolute atomic E-state index is 13.3. The normalized spacial score (nSPS) is 15.6. The third-order valence-electron chi connectivity index (χ3n) is 5.85. The number of carbonyl (C=O) groups excluding carboxylic acids is 2. The molecule has 37 heavy (non-hydrogen) atoms. The van der Waals surface area contributed by atoms with Crippen LogP contribution in [0.1, 0.15) is 41.8 Å². The van der Waals surface area contributed by atoms with Crippen molar-refractivity contribution in [1.82, 2.24) is 19.8 Å². The summed E-state index contributed by atoms with van der Waals surface area (Å²) in [4.78, 5) is 40.2. The minimum Gasteiger partial charge on any atom is -0.489 e. The molecule has 0 aliphatic carbocycles. The summed E-state index contributed by atoms with van der Waals surface area (Å²) in [5.74, 6) is 0.627. The van der Waals surface area contributed by atoms with Gasteiger partial charge in [0.15, 0.2) is 0 Å². The van der Waals surface area contributed by atoms with Gasteiger partial charge in [-0.2, -0.15) is 5.26 Å². The Labute approximate surface area is 215 Å². The highest BCUT2D eigenvalue weighted by atomic mass is 16.7. The first-order valence-electron chi connectivity index (χ1n) is 11.8. The van der Waals surface area contributed by atoms with Crippen molar-refractivity contribution in [3.05, 3.63) is 53.7 Å². The molecule has 0 atom stereocenters. The molecule has 12 heteroatoms. The average Bonchev–Trinajstić information content (AvgIpc) is 3.43. The first-order chi connectivity index (χ1) is 17.8. The smallest absolute Gasteiger partial charge is 0.328 e. The van der Waals surface area contributed by atoms with Crippen molar-refractivity contribution < 1.29 is 23.8 Å². The molecule has 0 spiro atoms. The minimum absolute atomic E-state index is 0.162. The molecule has 1 fully saturated rings. The zero-order valence-electron chi connectivity index (χ0n) is 21.2. The van der Waals surface area contributed by atoms with Crippen LogP contribution in [0.2, 0.25) is 0 Å². The molecule has 2 aliphatic rings. The predicted octanol–water partition coefficient (Wildman–Crippen LogP) is 2.71. The second kappa shape index (κ2) is 11.1. The van der Waals surface area contributed by atoms with Gasteiger partial charge in [-0.05, 0) is 33.0 Å². The quantitative estimate of drug-likeness (QED) is 0.626. The van der Waals surface area contributed by atoms with E-state index in [1.807, 2.05) is 27.0 Å². The van der Waals surface area contributed by atoms with Crippen molar-refractivity contribution in [1.29, 1.82) is 5.26 Å². The van der Waals surface area contributed by atoms with Gasteiger partial charge in [0, 0.05) is 39.3 Å². The SMILES string of the molecule is CC(C)Oc1cc(NC(=O)N(C)c2ccc(C(=O)N3CCN(C)CC3)c(C3OC=CO3)n2)ncc1C#N. The standard InChI is InChI=1S/C25H29N7O5/c1-16(2)37-19-13-20(27-15-17(19)14-26)28-25(34)31(4)21-6-5-18(22(29-21)24-35-11-12-36-24)23(33)32-9-7-30(3)8-10-32/h5-6,11-13,15-16,24H,7-10H2,1-4H3,(H,27,28,34). The number of rotatable bonds is 6. The summed E-state index contributed by atoms with van der Waals surface area (Å²) in [5, 5.41) is 12.0. The molecule has 12 nitrogen and oxygen atoms in total. The topological polar surface area (TPSA) is 133 Å². The Morgan fingerprint density at radius 1 is 1.22 bits per heavy atom. The van der Waals surface area contributed by atoms with Crippen molar-refractivity contribution in [2.45, 2.75) is 26.2 Å². The number of ether oxygens (including phenoxy) is 3. The Balaban J connectivity index is 1.55. The van der Waals surface area contributed by atoms with Gasteiger partial charge in [-0.25, -0.2) is 14.8 Å². The van der Waals surface area contributed by atoms with E-state index in [2.05, 4.69) is 20.2 Å². The summed E-state index contributed by atoms with van der Waals surface area (Å²) in [5.41, 5.74) is 0.882. The van der Waals surface area contributed by atoms with Gasteiger partial charge in [0.05, 0.1) is 17.9 Å². The molecule has 194 valence electrons. The first kappa shape index (κ1) is 25.7. The Hall–Kier alpha value is -4.37. The number of hydrogen-bond acceptors (Lipinski definition) is 9. The lowest BCUT2D eigenvalue weighted by molar-refractivity contribution is -0.0286. The van der Waals surface area contributed by atoms with Gasteiger partial charge < -0.3 is 24.0 Å². The molecule has 0 radical (unpaired) electrons. The van der Waals surface area contributed by atoms with Crippen LogP contribution in [0.3, 0.4) is 0 Å². The highest BCUT2D eigenvalue weighted by Gasteiger charge is 2.30. The molecular weight excluding hydrogens is 478 g/mol. The molecule has 1 saturated heterocycles. The molecule has 4 heterocycles. The summed E-state index contributed by atoms with van der Waals surface area (Å²) >= 11 is 0. The highest BCUT2D eigenvalue weighted by molar-refractivity contribution is 6.01. The summed E-state index contributed by atoms with van der Waals surface area (Å²) in [6.45, 7) is 6.43. The van der Waals surface area contributed by atoms with E-state index in [0.717, 1.165) is 13.1 Å². The van der Waals surface area contributed by atoms with Crippen LogP contribution in [0.5, 0.6) is 5.75 Å². The summed E-state index contributed by atoms with van der Waals surface area (Å²) in [6.07, 6.45) is 3.04. The van der Waals surface area contributed by atoms with Gasteiger partial charge in [0.1, 0.15) is 47.2 Å². The van der Waals surface area contributed by atoms with Crippen molar-refractivity contribution in [3.63, 3.8) is 0 Å². The largest absolute Gasteiger partial charge is 0.489 e. The van der Waals surface area contributed by atoms with Crippen molar-refractivity contribution >= 4 is 23.6 Å². The van der Waals surface area contributed by atoms with Crippen LogP contribution in [0.15, 0.2) is 36.9 Å². The number of piperazine rings is 1. The molecule has 2 aromatic rings. The lowest BCUT2D eigenvalue weighted by atomic mass is 10.1. The van der Waals surface area contributed by atoms with E-state index in [1.54, 1.807) is 17.0 Å². The molecule has 0 aromatic carbocycles. The maximum Gasteiger partial charge on any atom is 0.328 e. The predicted molar refractivity (Wildman–Crippen MR) is 134 cm³/mol. The van der Waals surface area contributed by atoms with Crippen molar-refractivity contribution in [3.8, 4) is 11.8 Å². The number of urea groups is 1. The minimum atomic E-state index is -0.904. The number of nitriles is 1. The zero-order chi connectivity index (χ0) is 26.5.